The van der Waals surface area contributed by atoms with Crippen LogP contribution in [0.2, 0.25) is 0 Å². The van der Waals surface area contributed by atoms with Crippen molar-refractivity contribution < 1.29 is 14.6 Å². The van der Waals surface area contributed by atoms with Gasteiger partial charge in [-0.3, -0.25) is 9.69 Å². The minimum absolute atomic E-state index is 0.230. The van der Waals surface area contributed by atoms with Crippen molar-refractivity contribution in [3.05, 3.63) is 0 Å². The second kappa shape index (κ2) is 4.75. The van der Waals surface area contributed by atoms with Gasteiger partial charge < -0.3 is 9.84 Å². The third kappa shape index (κ3) is 2.69. The molecule has 0 radical (unpaired) electrons. The Morgan fingerprint density at radius 3 is 2.71 bits per heavy atom. The zero-order valence-corrected chi connectivity index (χ0v) is 9.06. The van der Waals surface area contributed by atoms with Crippen molar-refractivity contribution >= 4 is 5.97 Å². The molecule has 0 spiro atoms. The molecule has 1 heterocycles. The number of hydrogen-bond acceptors (Lipinski definition) is 4. The summed E-state index contributed by atoms with van der Waals surface area (Å²) in [6.45, 7) is 5.32. The van der Waals surface area contributed by atoms with Gasteiger partial charge in [-0.05, 0) is 19.3 Å². The van der Waals surface area contributed by atoms with E-state index >= 15 is 0 Å². The van der Waals surface area contributed by atoms with Crippen LogP contribution in [0.1, 0.15) is 20.3 Å². The molecule has 4 nitrogen and oxygen atoms in total. The average molecular weight is 201 g/mol. The third-order valence-electron chi connectivity index (χ3n) is 2.76. The van der Waals surface area contributed by atoms with Crippen LogP contribution in [0.3, 0.4) is 0 Å². The molecule has 14 heavy (non-hydrogen) atoms. The molecule has 82 valence electrons. The number of carbonyl (C=O) groups is 1. The number of hydrogen-bond donors (Lipinski definition) is 1. The van der Waals surface area contributed by atoms with Crippen molar-refractivity contribution in [3.8, 4) is 0 Å². The Balaban J connectivity index is 2.54. The number of aliphatic hydroxyl groups is 1. The van der Waals surface area contributed by atoms with Crippen molar-refractivity contribution in [2.45, 2.75) is 32.4 Å². The summed E-state index contributed by atoms with van der Waals surface area (Å²) in [7, 11) is 1.39. The first-order chi connectivity index (χ1) is 6.54. The molecule has 4 heteroatoms. The first-order valence-corrected chi connectivity index (χ1v) is 5.04. The van der Waals surface area contributed by atoms with Gasteiger partial charge >= 0.3 is 5.97 Å². The molecule has 1 aliphatic heterocycles. The number of carbonyl (C=O) groups excluding carboxylic acids is 1. The first kappa shape index (κ1) is 11.5. The Morgan fingerprint density at radius 1 is 1.57 bits per heavy atom. The molecule has 0 amide bonds. The van der Waals surface area contributed by atoms with Crippen LogP contribution in [0.5, 0.6) is 0 Å². The van der Waals surface area contributed by atoms with Gasteiger partial charge in [-0.25, -0.2) is 0 Å². The van der Waals surface area contributed by atoms with E-state index in [1.807, 2.05) is 11.8 Å². The lowest BCUT2D eigenvalue weighted by Crippen LogP contribution is -2.49. The minimum atomic E-state index is -0.314. The maximum Gasteiger partial charge on any atom is 0.322 e. The van der Waals surface area contributed by atoms with Gasteiger partial charge in [0.2, 0.25) is 0 Å². The molecule has 0 aromatic carbocycles. The lowest BCUT2D eigenvalue weighted by Gasteiger charge is -2.36. The standard InChI is InChI=1S/C10H19NO3/c1-7-4-9(12)6-11(5-7)8(2)10(13)14-3/h7-9,12H,4-6H2,1-3H3/t7-,8?,9+/m0/s1. The average Bonchev–Trinajstić information content (AvgIpc) is 2.14. The zero-order valence-electron chi connectivity index (χ0n) is 9.06. The predicted molar refractivity (Wildman–Crippen MR) is 52.8 cm³/mol. The van der Waals surface area contributed by atoms with Crippen LogP contribution in [0.4, 0.5) is 0 Å². The molecule has 1 unspecified atom stereocenters. The molecule has 1 N–H and O–H groups in total. The summed E-state index contributed by atoms with van der Waals surface area (Å²) in [4.78, 5) is 13.3. The molecular formula is C10H19NO3. The Kier molecular flexibility index (Phi) is 3.89. The van der Waals surface area contributed by atoms with Crippen LogP contribution in [0.15, 0.2) is 0 Å². The Labute approximate surface area is 84.8 Å². The van der Waals surface area contributed by atoms with E-state index in [1.165, 1.54) is 7.11 Å². The number of methoxy groups -OCH3 is 1. The van der Waals surface area contributed by atoms with Crippen LogP contribution >= 0.6 is 0 Å². The van der Waals surface area contributed by atoms with Gasteiger partial charge in [0.25, 0.3) is 0 Å². The number of nitrogens with zero attached hydrogens (tertiary/aromatic N) is 1. The van der Waals surface area contributed by atoms with Gasteiger partial charge in [-0.1, -0.05) is 6.92 Å². The van der Waals surface area contributed by atoms with E-state index in [0.717, 1.165) is 13.0 Å². The molecule has 1 aliphatic rings. The number of ether oxygens (including phenoxy) is 1. The van der Waals surface area contributed by atoms with Crippen molar-refractivity contribution in [3.63, 3.8) is 0 Å². The molecule has 1 saturated heterocycles. The summed E-state index contributed by atoms with van der Waals surface area (Å²) in [5.74, 6) is 0.206. The van der Waals surface area contributed by atoms with E-state index in [0.29, 0.717) is 12.5 Å². The van der Waals surface area contributed by atoms with Crippen LogP contribution in [-0.4, -0.2) is 48.3 Å². The predicted octanol–water partition coefficient (Wildman–Crippen LogP) is 0.251. The van der Waals surface area contributed by atoms with Crippen LogP contribution in [0, 0.1) is 5.92 Å². The number of β-amino-alcohol motifs (C(OH)–C–C–N with tert-alkyl or cyclic N) is 1. The van der Waals surface area contributed by atoms with Crippen molar-refractivity contribution in [1.29, 1.82) is 0 Å². The lowest BCUT2D eigenvalue weighted by atomic mass is 9.97. The fourth-order valence-corrected chi connectivity index (χ4v) is 1.99. The van der Waals surface area contributed by atoms with Crippen molar-refractivity contribution in [2.24, 2.45) is 5.92 Å². The molecule has 1 fully saturated rings. The van der Waals surface area contributed by atoms with Gasteiger partial charge in [-0.15, -0.1) is 0 Å². The van der Waals surface area contributed by atoms with Crippen molar-refractivity contribution in [2.75, 3.05) is 20.2 Å². The van der Waals surface area contributed by atoms with Crippen LogP contribution in [0.25, 0.3) is 0 Å². The summed E-state index contributed by atoms with van der Waals surface area (Å²) < 4.78 is 4.67. The molecular weight excluding hydrogens is 182 g/mol. The molecule has 0 aromatic rings. The lowest BCUT2D eigenvalue weighted by molar-refractivity contribution is -0.147. The highest BCUT2D eigenvalue weighted by Gasteiger charge is 2.29. The van der Waals surface area contributed by atoms with Crippen LogP contribution < -0.4 is 0 Å². The first-order valence-electron chi connectivity index (χ1n) is 5.04. The fraction of sp³-hybridized carbons (Fsp3) is 0.900. The normalized spacial score (nSPS) is 31.1. The van der Waals surface area contributed by atoms with E-state index in [-0.39, 0.29) is 18.1 Å². The molecule has 0 aromatic heterocycles. The maximum atomic E-state index is 11.3. The quantitative estimate of drug-likeness (QED) is 0.651. The summed E-state index contributed by atoms with van der Waals surface area (Å²) in [5, 5.41) is 9.56. The summed E-state index contributed by atoms with van der Waals surface area (Å²) in [5.41, 5.74) is 0. The number of piperidine rings is 1. The van der Waals surface area contributed by atoms with E-state index < -0.39 is 0 Å². The number of rotatable bonds is 2. The number of aliphatic hydroxyl groups excluding tert-OH is 1. The van der Waals surface area contributed by atoms with E-state index in [2.05, 4.69) is 11.7 Å². The molecule has 0 bridgehead atoms. The topological polar surface area (TPSA) is 49.8 Å². The monoisotopic (exact) mass is 201 g/mol. The Hall–Kier alpha value is -0.610. The Bertz CT molecular complexity index is 198. The summed E-state index contributed by atoms with van der Waals surface area (Å²) >= 11 is 0. The smallest absolute Gasteiger partial charge is 0.322 e. The number of likely N-dealkylation sites (tertiary alicyclic amines) is 1. The highest BCUT2D eigenvalue weighted by atomic mass is 16.5. The fourth-order valence-electron chi connectivity index (χ4n) is 1.99. The zero-order chi connectivity index (χ0) is 10.7. The van der Waals surface area contributed by atoms with Crippen molar-refractivity contribution in [1.82, 2.24) is 4.90 Å². The van der Waals surface area contributed by atoms with Gasteiger partial charge in [0.15, 0.2) is 0 Å². The van der Waals surface area contributed by atoms with Gasteiger partial charge in [0.1, 0.15) is 6.04 Å². The second-order valence-electron chi connectivity index (χ2n) is 4.15. The molecule has 0 aliphatic carbocycles. The van der Waals surface area contributed by atoms with Crippen LogP contribution in [-0.2, 0) is 9.53 Å². The third-order valence-corrected chi connectivity index (χ3v) is 2.76. The second-order valence-corrected chi connectivity index (χ2v) is 4.15. The Morgan fingerprint density at radius 2 is 2.21 bits per heavy atom. The van der Waals surface area contributed by atoms with E-state index in [4.69, 9.17) is 0 Å². The van der Waals surface area contributed by atoms with E-state index in [1.54, 1.807) is 0 Å². The van der Waals surface area contributed by atoms with Gasteiger partial charge in [-0.2, -0.15) is 0 Å². The maximum absolute atomic E-state index is 11.3. The largest absolute Gasteiger partial charge is 0.468 e. The molecule has 1 rings (SSSR count). The summed E-state index contributed by atoms with van der Waals surface area (Å²) in [6.07, 6.45) is 0.510. The SMILES string of the molecule is COC(=O)C(C)N1C[C@@H](C)C[C@@H](O)C1. The minimum Gasteiger partial charge on any atom is -0.468 e. The summed E-state index contributed by atoms with van der Waals surface area (Å²) in [6, 6.07) is -0.252. The number of esters is 1. The highest BCUT2D eigenvalue weighted by molar-refractivity contribution is 5.75. The van der Waals surface area contributed by atoms with Gasteiger partial charge in [0, 0.05) is 13.1 Å². The molecule has 0 saturated carbocycles. The highest BCUT2D eigenvalue weighted by Crippen LogP contribution is 2.18. The van der Waals surface area contributed by atoms with E-state index in [9.17, 15) is 9.90 Å². The molecule has 3 atom stereocenters. The van der Waals surface area contributed by atoms with Gasteiger partial charge in [0.05, 0.1) is 13.2 Å².